The fourth-order valence-corrected chi connectivity index (χ4v) is 0.177. The van der Waals surface area contributed by atoms with Gasteiger partial charge in [0.05, 0.1) is 13.1 Å². The number of hydrogen-bond acceptors (Lipinski definition) is 0. The van der Waals surface area contributed by atoms with E-state index in [9.17, 15) is 0 Å². The number of halogens is 4. The zero-order chi connectivity index (χ0) is 8.62. The van der Waals surface area contributed by atoms with Gasteiger partial charge in [-0.15, -0.1) is 0 Å². The van der Waals surface area contributed by atoms with Crippen molar-refractivity contribution in [1.82, 2.24) is 0 Å². The molecule has 0 spiro atoms. The predicted octanol–water partition coefficient (Wildman–Crippen LogP) is 0.616. The summed E-state index contributed by atoms with van der Waals surface area (Å²) in [4.78, 5) is 0. The molecule has 7 heteroatoms. The fourth-order valence-electron chi connectivity index (χ4n) is 0.177. The number of hydrogen-bond donors (Lipinski definition) is 2. The molecule has 0 aromatic rings. The zero-order valence-electron chi connectivity index (χ0n) is 5.35. The second-order valence-electron chi connectivity index (χ2n) is 1.32. The Morgan fingerprint density at radius 2 is 1.10 bits per heavy atom. The molecule has 0 aliphatic carbocycles. The van der Waals surface area contributed by atoms with Crippen LogP contribution in [0.15, 0.2) is 0 Å². The average molecular weight is 282 g/mol. The van der Waals surface area contributed by atoms with E-state index in [1.807, 2.05) is 0 Å². The second-order valence-corrected chi connectivity index (χ2v) is 10.7. The molecule has 0 bridgehead atoms. The van der Waals surface area contributed by atoms with Gasteiger partial charge >= 0.3 is 49.6 Å². The largest absolute Gasteiger partial charge is 0.357 e. The van der Waals surface area contributed by atoms with Crippen molar-refractivity contribution in [3.8, 4) is 0 Å². The van der Waals surface area contributed by atoms with Crippen molar-refractivity contribution in [2.24, 2.45) is 0 Å². The molecule has 0 aliphatic rings. The van der Waals surface area contributed by atoms with Gasteiger partial charge in [0, 0.05) is 6.42 Å². The molecule has 2 nitrogen and oxygen atoms in total. The van der Waals surface area contributed by atoms with E-state index in [4.69, 9.17) is 40.4 Å². The fraction of sp³-hybridized carbons (Fsp3) is 1.00. The number of quaternary nitrogens is 2. The molecule has 73 valence electrons. The van der Waals surface area contributed by atoms with Crippen molar-refractivity contribution >= 4 is 40.4 Å². The summed E-state index contributed by atoms with van der Waals surface area (Å²) in [6, 6.07) is 0. The Balaban J connectivity index is 0. The van der Waals surface area contributed by atoms with Gasteiger partial charge in [0.25, 0.3) is 0 Å². The Labute approximate surface area is 80.3 Å². The molecule has 10 heavy (non-hydrogen) atoms. The van der Waals surface area contributed by atoms with Gasteiger partial charge in [-0.2, -0.15) is 0 Å². The minimum atomic E-state index is -2.24. The van der Waals surface area contributed by atoms with Crippen molar-refractivity contribution in [2.45, 2.75) is 6.42 Å². The molecule has 0 aromatic carbocycles. The standard InChI is InChI=1S/C3H10N2.4ClH.Cu/c4-2-1-3-5;;;;;/h1-5H2;4*1H;/q;;;;;+2/p-2. The van der Waals surface area contributed by atoms with Gasteiger partial charge in [0.2, 0.25) is 0 Å². The Morgan fingerprint density at radius 1 is 0.900 bits per heavy atom. The normalized spacial score (nSPS) is 11.8. The Kier molecular flexibility index (Phi) is 12.3. The van der Waals surface area contributed by atoms with Gasteiger partial charge in [-0.25, -0.2) is 0 Å². The second kappa shape index (κ2) is 8.69. The van der Waals surface area contributed by atoms with E-state index in [0.29, 0.717) is 0 Å². The monoisotopic (exact) mass is 279 g/mol. The molecule has 0 fully saturated rings. The van der Waals surface area contributed by atoms with E-state index < -0.39 is 9.20 Å². The van der Waals surface area contributed by atoms with Crippen LogP contribution < -0.4 is 11.5 Å². The first-order valence-electron chi connectivity index (χ1n) is 2.46. The summed E-state index contributed by atoms with van der Waals surface area (Å²) in [5, 5.41) is 0. The topological polar surface area (TPSA) is 55.3 Å². The molecule has 0 heterocycles. The van der Waals surface area contributed by atoms with Gasteiger partial charge in [0.15, 0.2) is 0 Å². The summed E-state index contributed by atoms with van der Waals surface area (Å²) < 4.78 is 0. The Hall–Kier alpha value is 1.60. The van der Waals surface area contributed by atoms with E-state index in [0.717, 1.165) is 13.1 Å². The first kappa shape index (κ1) is 14.1. The minimum absolute atomic E-state index is 1.03. The maximum Gasteiger partial charge on any atom is 0.0794 e. The van der Waals surface area contributed by atoms with Crippen LogP contribution in [0.2, 0.25) is 0 Å². The van der Waals surface area contributed by atoms with Crippen LogP contribution in [-0.4, -0.2) is 13.1 Å². The summed E-state index contributed by atoms with van der Waals surface area (Å²) in [6.07, 6.45) is 1.17. The summed E-state index contributed by atoms with van der Waals surface area (Å²) >= 11 is 0. The van der Waals surface area contributed by atoms with Gasteiger partial charge in [0.1, 0.15) is 0 Å². The molecule has 0 radical (unpaired) electrons. The summed E-state index contributed by atoms with van der Waals surface area (Å²) in [6.45, 7) is 2.06. The van der Waals surface area contributed by atoms with Crippen LogP contribution in [0.4, 0.5) is 0 Å². The van der Waals surface area contributed by atoms with Crippen molar-refractivity contribution in [3.63, 3.8) is 0 Å². The molecule has 0 unspecified atom stereocenters. The van der Waals surface area contributed by atoms with Crippen molar-refractivity contribution in [2.75, 3.05) is 13.1 Å². The van der Waals surface area contributed by atoms with E-state index in [1.165, 1.54) is 6.42 Å². The van der Waals surface area contributed by atoms with Gasteiger partial charge < -0.3 is 11.5 Å². The van der Waals surface area contributed by atoms with Crippen LogP contribution in [0.25, 0.3) is 0 Å². The maximum atomic E-state index is 4.90. The molecule has 6 N–H and O–H groups in total. The maximum absolute atomic E-state index is 4.90. The third-order valence-electron chi connectivity index (χ3n) is 0.500. The quantitative estimate of drug-likeness (QED) is 0.697. The van der Waals surface area contributed by atoms with Gasteiger partial charge in [-0.1, -0.05) is 0 Å². The molecule has 0 aliphatic heterocycles. The molecular weight excluding hydrogens is 269 g/mol. The molecule has 0 atom stereocenters. The Morgan fingerprint density at radius 3 is 1.10 bits per heavy atom. The van der Waals surface area contributed by atoms with Crippen molar-refractivity contribution < 1.29 is 20.7 Å². The average Bonchev–Trinajstić information content (AvgIpc) is 1.63. The molecule has 0 rings (SSSR count). The third kappa shape index (κ3) is 54.8. The van der Waals surface area contributed by atoms with E-state index >= 15 is 0 Å². The summed E-state index contributed by atoms with van der Waals surface area (Å²) in [5.41, 5.74) is 7.27. The van der Waals surface area contributed by atoms with Gasteiger partial charge in [-0.05, 0) is 0 Å². The Bertz CT molecular complexity index is 58.0. The van der Waals surface area contributed by atoms with E-state index in [1.54, 1.807) is 0 Å². The van der Waals surface area contributed by atoms with E-state index in [-0.39, 0.29) is 0 Å². The van der Waals surface area contributed by atoms with E-state index in [2.05, 4.69) is 11.5 Å². The predicted molar refractivity (Wildman–Crippen MR) is 43.5 cm³/mol. The summed E-state index contributed by atoms with van der Waals surface area (Å²) in [7, 11) is 17.4. The van der Waals surface area contributed by atoms with Crippen LogP contribution in [0, 0.1) is 0 Å². The van der Waals surface area contributed by atoms with Crippen molar-refractivity contribution in [1.29, 1.82) is 0 Å². The zero-order valence-corrected chi connectivity index (χ0v) is 9.31. The van der Waals surface area contributed by atoms with Crippen molar-refractivity contribution in [3.05, 3.63) is 0 Å². The molecule has 0 saturated carbocycles. The third-order valence-corrected chi connectivity index (χ3v) is 0.500. The molecule has 0 amide bonds. The summed E-state index contributed by atoms with van der Waals surface area (Å²) in [5.74, 6) is 0. The van der Waals surface area contributed by atoms with Crippen LogP contribution in [0.3, 0.4) is 0 Å². The first-order valence-corrected chi connectivity index (χ1v) is 7.64. The van der Waals surface area contributed by atoms with Crippen LogP contribution in [0.5, 0.6) is 0 Å². The van der Waals surface area contributed by atoms with Gasteiger partial charge in [-0.3, -0.25) is 0 Å². The molecule has 0 saturated heterocycles. The minimum Gasteiger partial charge on any atom is -0.357 e. The van der Waals surface area contributed by atoms with Crippen LogP contribution >= 0.6 is 40.4 Å². The first-order chi connectivity index (χ1) is 4.41. The van der Waals surface area contributed by atoms with Crippen LogP contribution in [0.1, 0.15) is 6.42 Å². The number of rotatable bonds is 2. The molecular formula is C3H12Cl4CuN2. The smallest absolute Gasteiger partial charge is 0.0794 e. The SMILES string of the molecule is [Cl][Cu-2]([Cl])([Cl])[Cl].[NH3+]CCC[NH3+]. The molecule has 0 aromatic heterocycles. The van der Waals surface area contributed by atoms with Crippen LogP contribution in [-0.2, 0) is 9.20 Å².